The van der Waals surface area contributed by atoms with Crippen LogP contribution in [0.2, 0.25) is 0 Å². The summed E-state index contributed by atoms with van der Waals surface area (Å²) in [5, 5.41) is 0. The molecule has 0 spiro atoms. The van der Waals surface area contributed by atoms with Gasteiger partial charge in [-0.15, -0.1) is 0 Å². The van der Waals surface area contributed by atoms with Gasteiger partial charge < -0.3 is 5.73 Å². The second kappa shape index (κ2) is 7.41. The Balaban J connectivity index is 2.55. The van der Waals surface area contributed by atoms with E-state index >= 15 is 0 Å². The average molecular weight is 239 g/mol. The molecule has 0 bridgehead atoms. The number of nitrogens with two attached hydrogens (primary N) is 1. The van der Waals surface area contributed by atoms with E-state index in [1.807, 2.05) is 0 Å². The SMILES string of the molecule is CCCC(CCC)C(N)C1CC(C)CC(C)C1. The van der Waals surface area contributed by atoms with Crippen molar-refractivity contribution in [2.24, 2.45) is 29.4 Å². The molecule has 17 heavy (non-hydrogen) atoms. The highest BCUT2D eigenvalue weighted by Gasteiger charge is 2.31. The van der Waals surface area contributed by atoms with Gasteiger partial charge in [-0.1, -0.05) is 40.5 Å². The Bertz CT molecular complexity index is 186. The molecule has 1 fully saturated rings. The molecule has 102 valence electrons. The lowest BCUT2D eigenvalue weighted by molar-refractivity contribution is 0.156. The maximum absolute atomic E-state index is 6.59. The van der Waals surface area contributed by atoms with Crippen molar-refractivity contribution in [3.63, 3.8) is 0 Å². The Kier molecular flexibility index (Phi) is 6.54. The first-order valence-electron chi connectivity index (χ1n) is 7.83. The fourth-order valence-corrected chi connectivity index (χ4v) is 3.98. The molecule has 1 saturated carbocycles. The van der Waals surface area contributed by atoms with Gasteiger partial charge in [0.05, 0.1) is 0 Å². The van der Waals surface area contributed by atoms with E-state index < -0.39 is 0 Å². The Hall–Kier alpha value is -0.0400. The van der Waals surface area contributed by atoms with E-state index in [-0.39, 0.29) is 0 Å². The minimum Gasteiger partial charge on any atom is -0.327 e. The topological polar surface area (TPSA) is 26.0 Å². The predicted octanol–water partition coefficient (Wildman–Crippen LogP) is 4.60. The van der Waals surface area contributed by atoms with Crippen LogP contribution in [0.25, 0.3) is 0 Å². The van der Waals surface area contributed by atoms with Crippen LogP contribution in [0.3, 0.4) is 0 Å². The molecule has 1 rings (SSSR count). The van der Waals surface area contributed by atoms with Crippen LogP contribution in [0.15, 0.2) is 0 Å². The third-order valence-corrected chi connectivity index (χ3v) is 4.62. The summed E-state index contributed by atoms with van der Waals surface area (Å²) in [5.41, 5.74) is 6.59. The molecule has 0 aromatic heterocycles. The molecule has 3 atom stereocenters. The van der Waals surface area contributed by atoms with Crippen LogP contribution < -0.4 is 5.73 Å². The Labute approximate surface area is 109 Å². The normalized spacial score (nSPS) is 31.8. The van der Waals surface area contributed by atoms with Crippen molar-refractivity contribution in [3.05, 3.63) is 0 Å². The first kappa shape index (κ1) is 15.0. The molecule has 1 aliphatic carbocycles. The zero-order valence-corrected chi connectivity index (χ0v) is 12.4. The van der Waals surface area contributed by atoms with Crippen molar-refractivity contribution >= 4 is 0 Å². The Morgan fingerprint density at radius 3 is 1.82 bits per heavy atom. The molecule has 1 aliphatic rings. The van der Waals surface area contributed by atoms with Crippen LogP contribution in [-0.4, -0.2) is 6.04 Å². The largest absolute Gasteiger partial charge is 0.327 e. The van der Waals surface area contributed by atoms with E-state index in [0.717, 1.165) is 23.7 Å². The maximum Gasteiger partial charge on any atom is 0.00958 e. The quantitative estimate of drug-likeness (QED) is 0.720. The minimum atomic E-state index is 0.458. The lowest BCUT2D eigenvalue weighted by Gasteiger charge is -2.38. The Morgan fingerprint density at radius 2 is 1.41 bits per heavy atom. The van der Waals surface area contributed by atoms with E-state index in [0.29, 0.717) is 6.04 Å². The lowest BCUT2D eigenvalue weighted by atomic mass is 9.70. The van der Waals surface area contributed by atoms with Gasteiger partial charge in [0.25, 0.3) is 0 Å². The second-order valence-corrected chi connectivity index (χ2v) is 6.59. The smallest absolute Gasteiger partial charge is 0.00958 e. The third-order valence-electron chi connectivity index (χ3n) is 4.62. The molecule has 0 saturated heterocycles. The van der Waals surface area contributed by atoms with Crippen molar-refractivity contribution in [2.75, 3.05) is 0 Å². The van der Waals surface area contributed by atoms with Crippen molar-refractivity contribution in [1.29, 1.82) is 0 Å². The van der Waals surface area contributed by atoms with Crippen molar-refractivity contribution in [3.8, 4) is 0 Å². The highest BCUT2D eigenvalue weighted by Crippen LogP contribution is 2.37. The minimum absolute atomic E-state index is 0.458. The highest BCUT2D eigenvalue weighted by atomic mass is 14.7. The zero-order chi connectivity index (χ0) is 12.8. The summed E-state index contributed by atoms with van der Waals surface area (Å²) in [6, 6.07) is 0.458. The summed E-state index contributed by atoms with van der Waals surface area (Å²) in [7, 11) is 0. The van der Waals surface area contributed by atoms with Crippen LogP contribution in [0, 0.1) is 23.7 Å². The monoisotopic (exact) mass is 239 g/mol. The van der Waals surface area contributed by atoms with Crippen LogP contribution in [0.4, 0.5) is 0 Å². The molecule has 0 heterocycles. The van der Waals surface area contributed by atoms with Crippen LogP contribution in [0.5, 0.6) is 0 Å². The molecular weight excluding hydrogens is 206 g/mol. The average Bonchev–Trinajstić information content (AvgIpc) is 2.26. The molecule has 2 N–H and O–H groups in total. The summed E-state index contributed by atoms with van der Waals surface area (Å²) >= 11 is 0. The van der Waals surface area contributed by atoms with Gasteiger partial charge in [-0.2, -0.15) is 0 Å². The number of hydrogen-bond acceptors (Lipinski definition) is 1. The van der Waals surface area contributed by atoms with Gasteiger partial charge in [0.1, 0.15) is 0 Å². The molecule has 0 radical (unpaired) electrons. The first-order chi connectivity index (χ1) is 8.08. The summed E-state index contributed by atoms with van der Waals surface area (Å²) < 4.78 is 0. The molecule has 0 aromatic rings. The van der Waals surface area contributed by atoms with E-state index in [2.05, 4.69) is 27.7 Å². The molecule has 0 aromatic carbocycles. The van der Waals surface area contributed by atoms with Crippen molar-refractivity contribution < 1.29 is 0 Å². The van der Waals surface area contributed by atoms with Gasteiger partial charge in [-0.25, -0.2) is 0 Å². The van der Waals surface area contributed by atoms with Crippen molar-refractivity contribution in [2.45, 2.75) is 78.7 Å². The summed E-state index contributed by atoms with van der Waals surface area (Å²) in [6.07, 6.45) is 9.38. The molecule has 0 amide bonds. The van der Waals surface area contributed by atoms with E-state index in [9.17, 15) is 0 Å². The van der Waals surface area contributed by atoms with Crippen LogP contribution in [0.1, 0.15) is 72.6 Å². The van der Waals surface area contributed by atoms with Crippen LogP contribution in [-0.2, 0) is 0 Å². The Morgan fingerprint density at radius 1 is 0.941 bits per heavy atom. The predicted molar refractivity (Wildman–Crippen MR) is 77.0 cm³/mol. The fraction of sp³-hybridized carbons (Fsp3) is 1.00. The maximum atomic E-state index is 6.59. The molecular formula is C16H33N. The molecule has 3 unspecified atom stereocenters. The number of rotatable bonds is 6. The standard InChI is InChI=1S/C16H33N/c1-5-7-14(8-6-2)16(17)15-10-12(3)9-13(4)11-15/h12-16H,5-11,17H2,1-4H3. The summed E-state index contributed by atoms with van der Waals surface area (Å²) in [6.45, 7) is 9.40. The summed E-state index contributed by atoms with van der Waals surface area (Å²) in [4.78, 5) is 0. The van der Waals surface area contributed by atoms with Gasteiger partial charge in [0.2, 0.25) is 0 Å². The van der Waals surface area contributed by atoms with Gasteiger partial charge in [-0.05, 0) is 55.8 Å². The van der Waals surface area contributed by atoms with Crippen LogP contribution >= 0.6 is 0 Å². The second-order valence-electron chi connectivity index (χ2n) is 6.59. The molecule has 0 aliphatic heterocycles. The van der Waals surface area contributed by atoms with E-state index in [1.54, 1.807) is 0 Å². The number of hydrogen-bond donors (Lipinski definition) is 1. The van der Waals surface area contributed by atoms with E-state index in [1.165, 1.54) is 44.9 Å². The van der Waals surface area contributed by atoms with Gasteiger partial charge in [-0.3, -0.25) is 0 Å². The zero-order valence-electron chi connectivity index (χ0n) is 12.4. The van der Waals surface area contributed by atoms with E-state index in [4.69, 9.17) is 5.73 Å². The molecule has 1 nitrogen and oxygen atoms in total. The van der Waals surface area contributed by atoms with Gasteiger partial charge in [0, 0.05) is 6.04 Å². The molecule has 1 heteroatoms. The third kappa shape index (κ3) is 4.62. The van der Waals surface area contributed by atoms with Gasteiger partial charge in [0.15, 0.2) is 0 Å². The van der Waals surface area contributed by atoms with Gasteiger partial charge >= 0.3 is 0 Å². The van der Waals surface area contributed by atoms with Crippen molar-refractivity contribution in [1.82, 2.24) is 0 Å². The highest BCUT2D eigenvalue weighted by molar-refractivity contribution is 4.85. The fourth-order valence-electron chi connectivity index (χ4n) is 3.98. The summed E-state index contributed by atoms with van der Waals surface area (Å²) in [5.74, 6) is 3.33. The lowest BCUT2D eigenvalue weighted by Crippen LogP contribution is -2.41. The first-order valence-corrected chi connectivity index (χ1v) is 7.83.